The summed E-state index contributed by atoms with van der Waals surface area (Å²) in [5.41, 5.74) is 2.26. The number of carbonyl (C=O) groups excluding carboxylic acids is 1. The van der Waals surface area contributed by atoms with Crippen molar-refractivity contribution in [3.8, 4) is 5.75 Å². The maximum atomic E-state index is 11.5. The summed E-state index contributed by atoms with van der Waals surface area (Å²) < 4.78 is 5.64. The maximum absolute atomic E-state index is 11.5. The predicted octanol–water partition coefficient (Wildman–Crippen LogP) is 1.80. The second kappa shape index (κ2) is 8.53. The third-order valence-electron chi connectivity index (χ3n) is 2.86. The van der Waals surface area contributed by atoms with Crippen LogP contribution in [0.3, 0.4) is 0 Å². The van der Waals surface area contributed by atoms with Crippen molar-refractivity contribution in [3.63, 3.8) is 0 Å². The fourth-order valence-corrected chi connectivity index (χ4v) is 1.70. The van der Waals surface area contributed by atoms with E-state index in [1.54, 1.807) is 0 Å². The van der Waals surface area contributed by atoms with Crippen LogP contribution >= 0.6 is 0 Å². The van der Waals surface area contributed by atoms with E-state index in [9.17, 15) is 4.79 Å². The SMILES string of the molecule is CNCCCNC(=O)CCOc1cc(C)ccc1C. The predicted molar refractivity (Wildman–Crippen MR) is 77.6 cm³/mol. The molecule has 0 aliphatic heterocycles. The average molecular weight is 264 g/mol. The van der Waals surface area contributed by atoms with E-state index < -0.39 is 0 Å². The van der Waals surface area contributed by atoms with Gasteiger partial charge >= 0.3 is 0 Å². The van der Waals surface area contributed by atoms with Crippen LogP contribution in [0.2, 0.25) is 0 Å². The first kappa shape index (κ1) is 15.5. The fraction of sp³-hybridized carbons (Fsp3) is 0.533. The highest BCUT2D eigenvalue weighted by atomic mass is 16.5. The molecule has 2 N–H and O–H groups in total. The summed E-state index contributed by atoms with van der Waals surface area (Å²) in [4.78, 5) is 11.5. The summed E-state index contributed by atoms with van der Waals surface area (Å²) in [7, 11) is 1.90. The van der Waals surface area contributed by atoms with Gasteiger partial charge in [0.15, 0.2) is 0 Å². The average Bonchev–Trinajstić information content (AvgIpc) is 2.39. The number of benzene rings is 1. The summed E-state index contributed by atoms with van der Waals surface area (Å²) in [5.74, 6) is 0.907. The summed E-state index contributed by atoms with van der Waals surface area (Å²) in [5, 5.41) is 5.91. The van der Waals surface area contributed by atoms with Crippen LogP contribution in [0.1, 0.15) is 24.0 Å². The van der Waals surface area contributed by atoms with Gasteiger partial charge in [0.2, 0.25) is 5.91 Å². The zero-order valence-electron chi connectivity index (χ0n) is 12.1. The Kier molecular flexibility index (Phi) is 6.97. The molecule has 0 spiro atoms. The van der Waals surface area contributed by atoms with E-state index in [0.717, 1.165) is 29.8 Å². The molecule has 4 heteroatoms. The van der Waals surface area contributed by atoms with Gasteiger partial charge in [-0.05, 0) is 51.1 Å². The standard InChI is InChI=1S/C15H24N2O2/c1-12-5-6-13(2)14(11-12)19-10-7-15(18)17-9-4-8-16-3/h5-6,11,16H,4,7-10H2,1-3H3,(H,17,18). The Hall–Kier alpha value is -1.55. The van der Waals surface area contributed by atoms with Crippen molar-refractivity contribution in [3.05, 3.63) is 29.3 Å². The van der Waals surface area contributed by atoms with Crippen LogP contribution in [0.5, 0.6) is 5.75 Å². The molecule has 1 amide bonds. The Labute approximate surface area is 115 Å². The third-order valence-corrected chi connectivity index (χ3v) is 2.86. The first-order valence-corrected chi connectivity index (χ1v) is 6.75. The minimum Gasteiger partial charge on any atom is -0.493 e. The molecule has 0 atom stereocenters. The van der Waals surface area contributed by atoms with Gasteiger partial charge < -0.3 is 15.4 Å². The number of hydrogen-bond donors (Lipinski definition) is 2. The van der Waals surface area contributed by atoms with Crippen LogP contribution in [0.4, 0.5) is 0 Å². The lowest BCUT2D eigenvalue weighted by Crippen LogP contribution is -2.27. The highest BCUT2D eigenvalue weighted by molar-refractivity contribution is 5.75. The summed E-state index contributed by atoms with van der Waals surface area (Å²) in [6.45, 7) is 6.08. The molecule has 1 rings (SSSR count). The Morgan fingerprint density at radius 2 is 2.05 bits per heavy atom. The van der Waals surface area contributed by atoms with Gasteiger partial charge in [0.1, 0.15) is 5.75 Å². The monoisotopic (exact) mass is 264 g/mol. The minimum absolute atomic E-state index is 0.0430. The van der Waals surface area contributed by atoms with Gasteiger partial charge in [-0.15, -0.1) is 0 Å². The van der Waals surface area contributed by atoms with Gasteiger partial charge in [-0.25, -0.2) is 0 Å². The Morgan fingerprint density at radius 3 is 2.79 bits per heavy atom. The molecule has 0 fully saturated rings. The summed E-state index contributed by atoms with van der Waals surface area (Å²) in [6.07, 6.45) is 1.34. The number of hydrogen-bond acceptors (Lipinski definition) is 3. The highest BCUT2D eigenvalue weighted by Gasteiger charge is 2.03. The molecule has 0 heterocycles. The van der Waals surface area contributed by atoms with Crippen LogP contribution in [0, 0.1) is 13.8 Å². The van der Waals surface area contributed by atoms with E-state index in [4.69, 9.17) is 4.74 Å². The Morgan fingerprint density at radius 1 is 1.26 bits per heavy atom. The van der Waals surface area contributed by atoms with Crippen molar-refractivity contribution in [1.29, 1.82) is 0 Å². The van der Waals surface area contributed by atoms with E-state index in [1.165, 1.54) is 0 Å². The first-order chi connectivity index (χ1) is 9.13. The van der Waals surface area contributed by atoms with Crippen molar-refractivity contribution < 1.29 is 9.53 Å². The van der Waals surface area contributed by atoms with Crippen LogP contribution in [0.15, 0.2) is 18.2 Å². The smallest absolute Gasteiger partial charge is 0.223 e. The molecule has 1 aromatic rings. The number of amides is 1. The zero-order chi connectivity index (χ0) is 14.1. The highest BCUT2D eigenvalue weighted by Crippen LogP contribution is 2.19. The van der Waals surface area contributed by atoms with E-state index in [0.29, 0.717) is 19.6 Å². The molecular weight excluding hydrogens is 240 g/mol. The van der Waals surface area contributed by atoms with Gasteiger partial charge in [-0.2, -0.15) is 0 Å². The second-order valence-electron chi connectivity index (χ2n) is 4.67. The molecule has 4 nitrogen and oxygen atoms in total. The van der Waals surface area contributed by atoms with Gasteiger partial charge in [0.25, 0.3) is 0 Å². The third kappa shape index (κ3) is 6.25. The van der Waals surface area contributed by atoms with Crippen LogP contribution in [-0.2, 0) is 4.79 Å². The second-order valence-corrected chi connectivity index (χ2v) is 4.67. The van der Waals surface area contributed by atoms with Gasteiger partial charge in [-0.3, -0.25) is 4.79 Å². The number of ether oxygens (including phenoxy) is 1. The van der Waals surface area contributed by atoms with Gasteiger partial charge in [0.05, 0.1) is 13.0 Å². The molecule has 0 aromatic heterocycles. The normalized spacial score (nSPS) is 10.3. The largest absolute Gasteiger partial charge is 0.493 e. The van der Waals surface area contributed by atoms with Crippen molar-refractivity contribution in [2.75, 3.05) is 26.7 Å². The quantitative estimate of drug-likeness (QED) is 0.704. The van der Waals surface area contributed by atoms with Crippen molar-refractivity contribution in [2.45, 2.75) is 26.7 Å². The number of carbonyl (C=O) groups is 1. The lowest BCUT2D eigenvalue weighted by atomic mass is 10.1. The molecule has 0 saturated carbocycles. The molecule has 0 aliphatic carbocycles. The Balaban J connectivity index is 2.22. The van der Waals surface area contributed by atoms with Crippen LogP contribution in [-0.4, -0.2) is 32.7 Å². The molecule has 106 valence electrons. The molecular formula is C15H24N2O2. The lowest BCUT2D eigenvalue weighted by Gasteiger charge is -2.10. The molecule has 0 unspecified atom stereocenters. The topological polar surface area (TPSA) is 50.4 Å². The van der Waals surface area contributed by atoms with Crippen LogP contribution in [0.25, 0.3) is 0 Å². The van der Waals surface area contributed by atoms with Gasteiger partial charge in [-0.1, -0.05) is 12.1 Å². The van der Waals surface area contributed by atoms with E-state index >= 15 is 0 Å². The van der Waals surface area contributed by atoms with Crippen molar-refractivity contribution in [2.24, 2.45) is 0 Å². The van der Waals surface area contributed by atoms with Crippen molar-refractivity contribution in [1.82, 2.24) is 10.6 Å². The fourth-order valence-electron chi connectivity index (χ4n) is 1.70. The molecule has 0 radical (unpaired) electrons. The lowest BCUT2D eigenvalue weighted by molar-refractivity contribution is -0.121. The number of nitrogens with one attached hydrogen (secondary N) is 2. The van der Waals surface area contributed by atoms with Gasteiger partial charge in [0, 0.05) is 6.54 Å². The molecule has 0 bridgehead atoms. The first-order valence-electron chi connectivity index (χ1n) is 6.75. The molecule has 0 saturated heterocycles. The van der Waals surface area contributed by atoms with E-state index in [2.05, 4.69) is 16.7 Å². The summed E-state index contributed by atoms with van der Waals surface area (Å²) >= 11 is 0. The minimum atomic E-state index is 0.0430. The zero-order valence-corrected chi connectivity index (χ0v) is 12.1. The van der Waals surface area contributed by atoms with Crippen LogP contribution < -0.4 is 15.4 Å². The van der Waals surface area contributed by atoms with E-state index in [1.807, 2.05) is 33.0 Å². The van der Waals surface area contributed by atoms with Crippen molar-refractivity contribution >= 4 is 5.91 Å². The maximum Gasteiger partial charge on any atom is 0.223 e. The molecule has 19 heavy (non-hydrogen) atoms. The summed E-state index contributed by atoms with van der Waals surface area (Å²) in [6, 6.07) is 6.08. The number of rotatable bonds is 8. The Bertz CT molecular complexity index is 405. The van der Waals surface area contributed by atoms with E-state index in [-0.39, 0.29) is 5.91 Å². The molecule has 0 aliphatic rings. The number of aryl methyl sites for hydroxylation is 2. The molecule has 1 aromatic carbocycles.